The van der Waals surface area contributed by atoms with Crippen LogP contribution in [0, 0.1) is 11.3 Å². The molecular weight excluding hydrogens is 610 g/mol. The van der Waals surface area contributed by atoms with Crippen LogP contribution in [0.1, 0.15) is 55.2 Å². The molecule has 1 heterocycles. The lowest BCUT2D eigenvalue weighted by atomic mass is 9.72. The Hall–Kier alpha value is -4.39. The number of ether oxygens (including phenoxy) is 2. The van der Waals surface area contributed by atoms with Crippen molar-refractivity contribution in [3.05, 3.63) is 116 Å². The van der Waals surface area contributed by atoms with Gasteiger partial charge in [-0.3, -0.25) is 9.59 Å². The van der Waals surface area contributed by atoms with Crippen molar-refractivity contribution in [2.45, 2.75) is 45.1 Å². The fourth-order valence-electron chi connectivity index (χ4n) is 5.37. The third kappa shape index (κ3) is 7.53. The molecule has 0 fully saturated rings. The Morgan fingerprint density at radius 2 is 1.72 bits per heavy atom. The molecule has 0 amide bonds. The van der Waals surface area contributed by atoms with Gasteiger partial charge in [-0.05, 0) is 70.9 Å². The summed E-state index contributed by atoms with van der Waals surface area (Å²) in [5, 5.41) is 21.2. The number of halogens is 1. The highest BCUT2D eigenvalue weighted by Gasteiger charge is 2.39. The van der Waals surface area contributed by atoms with E-state index in [9.17, 15) is 14.9 Å². The van der Waals surface area contributed by atoms with Gasteiger partial charge in [-0.25, -0.2) is 0 Å². The smallest absolute Gasteiger partial charge is 0.317 e. The summed E-state index contributed by atoms with van der Waals surface area (Å²) in [4.78, 5) is 22.9. The van der Waals surface area contributed by atoms with Crippen LogP contribution < -0.4 is 20.5 Å². The predicted molar refractivity (Wildman–Crippen MR) is 167 cm³/mol. The molecule has 0 aromatic heterocycles. The molecule has 43 heavy (non-hydrogen) atoms. The zero-order valence-corrected chi connectivity index (χ0v) is 25.7. The average molecular weight is 645 g/mol. The van der Waals surface area contributed by atoms with Crippen LogP contribution in [0.2, 0.25) is 0 Å². The van der Waals surface area contributed by atoms with Gasteiger partial charge in [-0.1, -0.05) is 60.7 Å². The molecule has 2 atom stereocenters. The van der Waals surface area contributed by atoms with Crippen molar-refractivity contribution in [3.8, 4) is 17.6 Å². The molecule has 4 N–H and O–H groups in total. The van der Waals surface area contributed by atoms with Crippen LogP contribution in [0.15, 0.2) is 99.8 Å². The zero-order valence-electron chi connectivity index (χ0n) is 24.1. The maximum absolute atomic E-state index is 13.7. The van der Waals surface area contributed by atoms with Crippen molar-refractivity contribution < 1.29 is 24.2 Å². The monoisotopic (exact) mass is 643 g/mol. The molecule has 0 saturated carbocycles. The Labute approximate surface area is 259 Å². The first kappa shape index (κ1) is 31.5. The molecule has 9 heteroatoms. The van der Waals surface area contributed by atoms with Gasteiger partial charge in [0.15, 0.2) is 17.3 Å². The van der Waals surface area contributed by atoms with Gasteiger partial charge in [-0.15, -0.1) is 0 Å². The van der Waals surface area contributed by atoms with Crippen molar-refractivity contribution in [2.24, 2.45) is 5.73 Å². The second-order valence-electron chi connectivity index (χ2n) is 10.2. The summed E-state index contributed by atoms with van der Waals surface area (Å²) in [6.45, 7) is 4.40. The molecule has 8 nitrogen and oxygen atoms in total. The molecular formula is C34H34BrN3O5. The van der Waals surface area contributed by atoms with Crippen LogP contribution in [0.5, 0.6) is 11.5 Å². The molecule has 3 aromatic rings. The molecule has 0 saturated heterocycles. The van der Waals surface area contributed by atoms with Gasteiger partial charge in [0.05, 0.1) is 35.2 Å². The standard InChI is InChI=1S/C32H29BrN2O3.C2H5NO2/c1-3-37-29-17-24(14-26(33)32(29)38-19-21-10-6-4-7-11-21)30-25(18-34)20(2)35-27-15-23(16-28(36)31(27)30)22-12-8-5-9-13-22;3-1-2(4)5/h4-14,17,23,30,35H,3,15-16,19H2,1-2H3;1,3H2,(H,4,5). The minimum Gasteiger partial charge on any atom is -0.490 e. The summed E-state index contributed by atoms with van der Waals surface area (Å²) < 4.78 is 12.9. The number of carbonyl (C=O) groups is 2. The number of carbonyl (C=O) groups excluding carboxylic acids is 1. The van der Waals surface area contributed by atoms with Crippen LogP contribution in [0.25, 0.3) is 0 Å². The number of allylic oxidation sites excluding steroid dienone is 4. The lowest BCUT2D eigenvalue weighted by molar-refractivity contribution is -0.135. The number of nitrogens with zero attached hydrogens (tertiary/aromatic N) is 1. The Morgan fingerprint density at radius 3 is 2.33 bits per heavy atom. The number of benzene rings is 3. The van der Waals surface area contributed by atoms with Gasteiger partial charge >= 0.3 is 5.97 Å². The normalized spacial score (nSPS) is 17.6. The van der Waals surface area contributed by atoms with Crippen molar-refractivity contribution >= 4 is 27.7 Å². The van der Waals surface area contributed by atoms with E-state index in [4.69, 9.17) is 14.6 Å². The van der Waals surface area contributed by atoms with Gasteiger partial charge in [0.1, 0.15) is 6.61 Å². The number of dihydropyridines is 1. The Bertz CT molecular complexity index is 1580. The molecule has 1 aliphatic carbocycles. The molecule has 222 valence electrons. The first-order valence-corrected chi connectivity index (χ1v) is 14.8. The number of ketones is 1. The lowest BCUT2D eigenvalue weighted by Crippen LogP contribution is -2.33. The van der Waals surface area contributed by atoms with Crippen molar-refractivity contribution in [1.29, 1.82) is 5.26 Å². The van der Waals surface area contributed by atoms with E-state index in [1.54, 1.807) is 0 Å². The van der Waals surface area contributed by atoms with Crippen LogP contribution in [0.3, 0.4) is 0 Å². The number of carboxylic acid groups (broad SMARTS) is 1. The third-order valence-electron chi connectivity index (χ3n) is 7.28. The molecule has 2 aliphatic rings. The second kappa shape index (κ2) is 14.7. The first-order chi connectivity index (χ1) is 20.8. The molecule has 1 aliphatic heterocycles. The Balaban J connectivity index is 0.000000782. The predicted octanol–water partition coefficient (Wildman–Crippen LogP) is 6.34. The van der Waals surface area contributed by atoms with Gasteiger partial charge in [0.25, 0.3) is 0 Å². The van der Waals surface area contributed by atoms with E-state index in [0.717, 1.165) is 39.0 Å². The number of hydrogen-bond acceptors (Lipinski definition) is 7. The highest BCUT2D eigenvalue weighted by molar-refractivity contribution is 9.10. The highest BCUT2D eigenvalue weighted by atomic mass is 79.9. The summed E-state index contributed by atoms with van der Waals surface area (Å²) in [5.74, 6) is -0.0956. The maximum Gasteiger partial charge on any atom is 0.317 e. The number of aliphatic carboxylic acids is 1. The van der Waals surface area contributed by atoms with Crippen molar-refractivity contribution in [2.75, 3.05) is 13.2 Å². The number of nitrogens with two attached hydrogens (primary N) is 1. The molecule has 2 unspecified atom stereocenters. The van der Waals surface area contributed by atoms with Crippen molar-refractivity contribution in [3.63, 3.8) is 0 Å². The molecule has 0 spiro atoms. The summed E-state index contributed by atoms with van der Waals surface area (Å²) in [7, 11) is 0. The van der Waals surface area contributed by atoms with Crippen LogP contribution in [0.4, 0.5) is 0 Å². The summed E-state index contributed by atoms with van der Waals surface area (Å²) >= 11 is 3.69. The van der Waals surface area contributed by atoms with E-state index < -0.39 is 11.9 Å². The number of Topliss-reactive ketones (excluding diaryl/α,β-unsaturated/α-hetero) is 1. The van der Waals surface area contributed by atoms with Gasteiger partial charge in [0, 0.05) is 23.4 Å². The van der Waals surface area contributed by atoms with Gasteiger partial charge in [-0.2, -0.15) is 5.26 Å². The number of rotatable bonds is 8. The highest BCUT2D eigenvalue weighted by Crippen LogP contribution is 2.48. The largest absolute Gasteiger partial charge is 0.490 e. The van der Waals surface area contributed by atoms with E-state index in [1.807, 2.05) is 74.5 Å². The SMILES string of the molecule is CCOc1cc(C2C(C#N)=C(C)NC3=C2C(=O)CC(c2ccccc2)C3)cc(Br)c1OCc1ccccc1.NCC(=O)O. The third-order valence-corrected chi connectivity index (χ3v) is 7.87. The quantitative estimate of drug-likeness (QED) is 0.259. The molecule has 5 rings (SSSR count). The molecule has 0 bridgehead atoms. The van der Waals surface area contributed by atoms with E-state index in [0.29, 0.717) is 42.3 Å². The Kier molecular flexibility index (Phi) is 10.8. The Morgan fingerprint density at radius 1 is 1.07 bits per heavy atom. The number of carboxylic acids is 1. The van der Waals surface area contributed by atoms with Gasteiger partial charge in [0.2, 0.25) is 0 Å². The number of nitrogens with one attached hydrogen (secondary N) is 1. The summed E-state index contributed by atoms with van der Waals surface area (Å²) in [6, 6.07) is 26.3. The van der Waals surface area contributed by atoms with Crippen LogP contribution in [-0.4, -0.2) is 30.0 Å². The fourth-order valence-corrected chi connectivity index (χ4v) is 5.94. The van der Waals surface area contributed by atoms with E-state index in [-0.39, 0.29) is 18.2 Å². The summed E-state index contributed by atoms with van der Waals surface area (Å²) in [5.41, 5.74) is 10.5. The minimum atomic E-state index is -0.968. The minimum absolute atomic E-state index is 0.0661. The lowest BCUT2D eigenvalue weighted by Gasteiger charge is -2.36. The first-order valence-electron chi connectivity index (χ1n) is 14.0. The van der Waals surface area contributed by atoms with Crippen molar-refractivity contribution in [1.82, 2.24) is 5.32 Å². The van der Waals surface area contributed by atoms with Gasteiger partial charge < -0.3 is 25.6 Å². The molecule has 3 aromatic carbocycles. The molecule has 0 radical (unpaired) electrons. The van der Waals surface area contributed by atoms with Crippen LogP contribution in [-0.2, 0) is 16.2 Å². The van der Waals surface area contributed by atoms with E-state index >= 15 is 0 Å². The zero-order chi connectivity index (χ0) is 30.9. The van der Waals surface area contributed by atoms with Crippen LogP contribution >= 0.6 is 15.9 Å². The number of nitriles is 1. The summed E-state index contributed by atoms with van der Waals surface area (Å²) in [6.07, 6.45) is 1.13. The maximum atomic E-state index is 13.7. The second-order valence-corrected chi connectivity index (χ2v) is 11.0. The van der Waals surface area contributed by atoms with E-state index in [1.165, 1.54) is 0 Å². The number of hydrogen-bond donors (Lipinski definition) is 3. The topological polar surface area (TPSA) is 135 Å². The van der Waals surface area contributed by atoms with E-state index in [2.05, 4.69) is 45.2 Å². The average Bonchev–Trinajstić information content (AvgIpc) is 3.01. The fraction of sp³-hybridized carbons (Fsp3) is 0.265.